The fourth-order valence-electron chi connectivity index (χ4n) is 2.20. The van der Waals surface area contributed by atoms with Gasteiger partial charge in [-0.25, -0.2) is 0 Å². The predicted octanol–water partition coefficient (Wildman–Crippen LogP) is 2.84. The number of amides is 1. The van der Waals surface area contributed by atoms with E-state index in [0.29, 0.717) is 12.5 Å². The molecule has 0 saturated heterocycles. The van der Waals surface area contributed by atoms with Gasteiger partial charge in [0.2, 0.25) is 5.91 Å². The number of nitrogens with one attached hydrogen (secondary N) is 1. The second-order valence-electron chi connectivity index (χ2n) is 4.55. The Morgan fingerprint density at radius 3 is 2.76 bits per heavy atom. The monoisotopic (exact) mass is 296 g/mol. The molecule has 1 heterocycles. The molecule has 1 aromatic heterocycles. The van der Waals surface area contributed by atoms with Gasteiger partial charge in [-0.05, 0) is 40.9 Å². The smallest absolute Gasteiger partial charge is 0.226 e. The summed E-state index contributed by atoms with van der Waals surface area (Å²) in [5.41, 5.74) is 0.821. The molecule has 0 aliphatic heterocycles. The second-order valence-corrected chi connectivity index (χ2v) is 5.46. The van der Waals surface area contributed by atoms with E-state index in [0.717, 1.165) is 23.0 Å². The minimum Gasteiger partial charge on any atom is -0.353 e. The van der Waals surface area contributed by atoms with Crippen molar-refractivity contribution in [3.8, 4) is 0 Å². The van der Waals surface area contributed by atoms with Gasteiger partial charge in [0.05, 0.1) is 6.42 Å². The van der Waals surface area contributed by atoms with Crippen molar-refractivity contribution in [2.45, 2.75) is 44.6 Å². The minimum absolute atomic E-state index is 0.0896. The summed E-state index contributed by atoms with van der Waals surface area (Å²) in [7, 11) is 0. The summed E-state index contributed by atoms with van der Waals surface area (Å²) in [6.45, 7) is 0. The van der Waals surface area contributed by atoms with Crippen molar-refractivity contribution < 1.29 is 4.79 Å². The Morgan fingerprint density at radius 2 is 2.12 bits per heavy atom. The van der Waals surface area contributed by atoms with Crippen molar-refractivity contribution in [3.63, 3.8) is 0 Å². The zero-order chi connectivity index (χ0) is 12.1. The van der Waals surface area contributed by atoms with Crippen LogP contribution in [-0.2, 0) is 11.2 Å². The number of carbonyl (C=O) groups is 1. The van der Waals surface area contributed by atoms with E-state index in [9.17, 15) is 4.79 Å². The lowest BCUT2D eigenvalue weighted by Gasteiger charge is -2.22. The number of carbonyl (C=O) groups excluding carboxylic acids is 1. The summed E-state index contributed by atoms with van der Waals surface area (Å²) in [5, 5.41) is 3.09. The summed E-state index contributed by atoms with van der Waals surface area (Å²) in [5.74, 6) is 0.0896. The minimum atomic E-state index is 0.0896. The number of hydrogen-bond acceptors (Lipinski definition) is 2. The third-order valence-corrected chi connectivity index (χ3v) is 3.57. The molecule has 3 nitrogen and oxygen atoms in total. The van der Waals surface area contributed by atoms with Crippen molar-refractivity contribution in [2.75, 3.05) is 0 Å². The van der Waals surface area contributed by atoms with E-state index in [2.05, 4.69) is 26.2 Å². The molecule has 92 valence electrons. The SMILES string of the molecule is O=C(Cc1ccc(Br)cn1)NC1CCCCC1. The van der Waals surface area contributed by atoms with Crippen LogP contribution >= 0.6 is 15.9 Å². The highest BCUT2D eigenvalue weighted by molar-refractivity contribution is 9.10. The molecule has 2 rings (SSSR count). The first-order chi connectivity index (χ1) is 8.24. The first kappa shape index (κ1) is 12.6. The maximum Gasteiger partial charge on any atom is 0.226 e. The number of hydrogen-bond donors (Lipinski definition) is 1. The average molecular weight is 297 g/mol. The Balaban J connectivity index is 1.82. The summed E-state index contributed by atoms with van der Waals surface area (Å²) < 4.78 is 0.939. The summed E-state index contributed by atoms with van der Waals surface area (Å²) in [6, 6.07) is 4.17. The maximum atomic E-state index is 11.8. The molecule has 1 N–H and O–H groups in total. The van der Waals surface area contributed by atoms with Crippen LogP contribution in [0.4, 0.5) is 0 Å². The molecule has 0 atom stereocenters. The standard InChI is InChI=1S/C13H17BrN2O/c14-10-6-7-12(15-9-10)8-13(17)16-11-4-2-1-3-5-11/h6-7,9,11H,1-5,8H2,(H,16,17). The van der Waals surface area contributed by atoms with Crippen LogP contribution in [0.5, 0.6) is 0 Å². The Labute approximate surface area is 110 Å². The van der Waals surface area contributed by atoms with Crippen LogP contribution in [0, 0.1) is 0 Å². The van der Waals surface area contributed by atoms with Crippen LogP contribution < -0.4 is 5.32 Å². The molecule has 0 bridgehead atoms. The molecule has 1 fully saturated rings. The summed E-state index contributed by atoms with van der Waals surface area (Å²) in [6.07, 6.45) is 8.13. The van der Waals surface area contributed by atoms with Crippen molar-refractivity contribution in [1.29, 1.82) is 0 Å². The third kappa shape index (κ3) is 4.11. The first-order valence-electron chi connectivity index (χ1n) is 6.14. The molecule has 1 aromatic rings. The molecule has 17 heavy (non-hydrogen) atoms. The van der Waals surface area contributed by atoms with Gasteiger partial charge in [0.15, 0.2) is 0 Å². The fraction of sp³-hybridized carbons (Fsp3) is 0.538. The highest BCUT2D eigenvalue weighted by Crippen LogP contribution is 2.17. The van der Waals surface area contributed by atoms with E-state index in [-0.39, 0.29) is 5.91 Å². The Kier molecular flexibility index (Phi) is 4.54. The highest BCUT2D eigenvalue weighted by Gasteiger charge is 2.15. The van der Waals surface area contributed by atoms with Gasteiger partial charge in [-0.1, -0.05) is 19.3 Å². The van der Waals surface area contributed by atoms with Crippen LogP contribution in [0.1, 0.15) is 37.8 Å². The van der Waals surface area contributed by atoms with Gasteiger partial charge in [-0.3, -0.25) is 9.78 Å². The average Bonchev–Trinajstić information content (AvgIpc) is 2.33. The molecular weight excluding hydrogens is 280 g/mol. The van der Waals surface area contributed by atoms with Gasteiger partial charge in [0.25, 0.3) is 0 Å². The van der Waals surface area contributed by atoms with Crippen LogP contribution in [0.3, 0.4) is 0 Å². The van der Waals surface area contributed by atoms with Gasteiger partial charge < -0.3 is 5.32 Å². The highest BCUT2D eigenvalue weighted by atomic mass is 79.9. The fourth-order valence-corrected chi connectivity index (χ4v) is 2.44. The lowest BCUT2D eigenvalue weighted by Crippen LogP contribution is -2.37. The zero-order valence-electron chi connectivity index (χ0n) is 9.79. The van der Waals surface area contributed by atoms with Crippen LogP contribution in [0.25, 0.3) is 0 Å². The molecule has 1 amide bonds. The van der Waals surface area contributed by atoms with E-state index >= 15 is 0 Å². The molecule has 1 aliphatic rings. The second kappa shape index (κ2) is 6.15. The van der Waals surface area contributed by atoms with Gasteiger partial charge >= 0.3 is 0 Å². The van der Waals surface area contributed by atoms with Crippen molar-refractivity contribution in [3.05, 3.63) is 28.5 Å². The van der Waals surface area contributed by atoms with Gasteiger partial charge in [-0.15, -0.1) is 0 Å². The summed E-state index contributed by atoms with van der Waals surface area (Å²) >= 11 is 3.33. The summed E-state index contributed by atoms with van der Waals surface area (Å²) in [4.78, 5) is 16.0. The molecule has 0 spiro atoms. The maximum absolute atomic E-state index is 11.8. The molecule has 0 unspecified atom stereocenters. The van der Waals surface area contributed by atoms with E-state index in [1.54, 1.807) is 6.20 Å². The zero-order valence-corrected chi connectivity index (χ0v) is 11.4. The van der Waals surface area contributed by atoms with Crippen molar-refractivity contribution in [1.82, 2.24) is 10.3 Å². The first-order valence-corrected chi connectivity index (χ1v) is 6.93. The molecule has 0 radical (unpaired) electrons. The van der Waals surface area contributed by atoms with Gasteiger partial charge in [0.1, 0.15) is 0 Å². The lowest BCUT2D eigenvalue weighted by atomic mass is 9.95. The van der Waals surface area contributed by atoms with Gasteiger partial charge in [0, 0.05) is 22.4 Å². The lowest BCUT2D eigenvalue weighted by molar-refractivity contribution is -0.121. The number of nitrogens with zero attached hydrogens (tertiary/aromatic N) is 1. The van der Waals surface area contributed by atoms with Crippen molar-refractivity contribution >= 4 is 21.8 Å². The number of aromatic nitrogens is 1. The van der Waals surface area contributed by atoms with Crippen LogP contribution in [-0.4, -0.2) is 16.9 Å². The van der Waals surface area contributed by atoms with Gasteiger partial charge in [-0.2, -0.15) is 0 Å². The quantitative estimate of drug-likeness (QED) is 0.932. The number of pyridine rings is 1. The molecular formula is C13H17BrN2O. The number of halogens is 1. The third-order valence-electron chi connectivity index (χ3n) is 3.10. The molecule has 1 saturated carbocycles. The van der Waals surface area contributed by atoms with E-state index in [1.165, 1.54) is 19.3 Å². The topological polar surface area (TPSA) is 42.0 Å². The van der Waals surface area contributed by atoms with E-state index < -0.39 is 0 Å². The van der Waals surface area contributed by atoms with Crippen molar-refractivity contribution in [2.24, 2.45) is 0 Å². The Bertz CT molecular complexity index is 372. The van der Waals surface area contributed by atoms with Crippen LogP contribution in [0.2, 0.25) is 0 Å². The van der Waals surface area contributed by atoms with Crippen LogP contribution in [0.15, 0.2) is 22.8 Å². The Morgan fingerprint density at radius 1 is 1.35 bits per heavy atom. The number of rotatable bonds is 3. The molecule has 0 aromatic carbocycles. The van der Waals surface area contributed by atoms with E-state index in [1.807, 2.05) is 12.1 Å². The van der Waals surface area contributed by atoms with E-state index in [4.69, 9.17) is 0 Å². The predicted molar refractivity (Wildman–Crippen MR) is 70.7 cm³/mol. The molecule has 4 heteroatoms. The normalized spacial score (nSPS) is 16.8. The Hall–Kier alpha value is -0.900. The molecule has 1 aliphatic carbocycles. The largest absolute Gasteiger partial charge is 0.353 e.